The van der Waals surface area contributed by atoms with Crippen molar-refractivity contribution in [1.82, 2.24) is 0 Å². The Hall–Kier alpha value is -2.66. The van der Waals surface area contributed by atoms with Crippen LogP contribution >= 0.6 is 0 Å². The van der Waals surface area contributed by atoms with Gasteiger partial charge in [0.15, 0.2) is 0 Å². The third-order valence-electron chi connectivity index (χ3n) is 3.83. The third kappa shape index (κ3) is 2.35. The first kappa shape index (κ1) is 14.3. The maximum Gasteiger partial charge on any atom is 0.258 e. The summed E-state index contributed by atoms with van der Waals surface area (Å²) < 4.78 is 0. The van der Waals surface area contributed by atoms with Gasteiger partial charge >= 0.3 is 0 Å². The Labute approximate surface area is 128 Å². The number of anilines is 2. The van der Waals surface area contributed by atoms with Crippen molar-refractivity contribution >= 4 is 23.2 Å². The van der Waals surface area contributed by atoms with Crippen LogP contribution in [0.4, 0.5) is 11.4 Å². The molecule has 0 bridgehead atoms. The van der Waals surface area contributed by atoms with Crippen LogP contribution in [0.5, 0.6) is 0 Å². The Bertz CT molecular complexity index is 715. The van der Waals surface area contributed by atoms with Gasteiger partial charge in [-0.1, -0.05) is 30.3 Å². The minimum atomic E-state index is -0.745. The summed E-state index contributed by atoms with van der Waals surface area (Å²) in [5.41, 5.74) is 7.92. The van der Waals surface area contributed by atoms with Gasteiger partial charge in [0.25, 0.3) is 5.91 Å². The average molecular weight is 295 g/mol. The summed E-state index contributed by atoms with van der Waals surface area (Å²) >= 11 is 0. The molecule has 2 amide bonds. The minimum Gasteiger partial charge on any atom is -0.318 e. The SMILES string of the molecule is CN1C(=O)C(N)CN(C(=O)c2ccccc2)c2ccccc21. The Morgan fingerprint density at radius 3 is 2.32 bits per heavy atom. The molecule has 5 heteroatoms. The highest BCUT2D eigenvalue weighted by molar-refractivity contribution is 6.12. The number of rotatable bonds is 1. The van der Waals surface area contributed by atoms with Crippen molar-refractivity contribution in [2.45, 2.75) is 6.04 Å². The Balaban J connectivity index is 2.09. The highest BCUT2D eigenvalue weighted by Crippen LogP contribution is 2.32. The quantitative estimate of drug-likeness (QED) is 0.869. The highest BCUT2D eigenvalue weighted by Gasteiger charge is 2.32. The molecule has 0 aliphatic carbocycles. The molecule has 2 aromatic carbocycles. The van der Waals surface area contributed by atoms with Crippen LogP contribution in [0.1, 0.15) is 10.4 Å². The molecule has 1 atom stereocenters. The van der Waals surface area contributed by atoms with Gasteiger partial charge in [-0.05, 0) is 24.3 Å². The zero-order valence-corrected chi connectivity index (χ0v) is 12.3. The summed E-state index contributed by atoms with van der Waals surface area (Å²) in [7, 11) is 1.68. The van der Waals surface area contributed by atoms with E-state index < -0.39 is 6.04 Å². The predicted molar refractivity (Wildman–Crippen MR) is 85.9 cm³/mol. The fraction of sp³-hybridized carbons (Fsp3) is 0.176. The molecule has 5 nitrogen and oxygen atoms in total. The molecule has 0 radical (unpaired) electrons. The van der Waals surface area contributed by atoms with Crippen LogP contribution < -0.4 is 15.5 Å². The first-order valence-corrected chi connectivity index (χ1v) is 7.08. The topological polar surface area (TPSA) is 66.6 Å². The van der Waals surface area contributed by atoms with Crippen molar-refractivity contribution in [2.24, 2.45) is 5.73 Å². The van der Waals surface area contributed by atoms with E-state index in [1.807, 2.05) is 42.5 Å². The van der Waals surface area contributed by atoms with E-state index >= 15 is 0 Å². The van der Waals surface area contributed by atoms with Gasteiger partial charge < -0.3 is 15.5 Å². The summed E-state index contributed by atoms with van der Waals surface area (Å²) in [5.74, 6) is -0.359. The van der Waals surface area contributed by atoms with Crippen LogP contribution in [0.15, 0.2) is 54.6 Å². The van der Waals surface area contributed by atoms with E-state index in [1.165, 1.54) is 4.90 Å². The van der Waals surface area contributed by atoms with Crippen molar-refractivity contribution < 1.29 is 9.59 Å². The molecule has 1 unspecified atom stereocenters. The third-order valence-corrected chi connectivity index (χ3v) is 3.83. The van der Waals surface area contributed by atoms with E-state index in [1.54, 1.807) is 24.1 Å². The van der Waals surface area contributed by atoms with E-state index in [0.29, 0.717) is 16.9 Å². The number of benzene rings is 2. The standard InChI is InChI=1S/C17H17N3O2/c1-19-14-9-5-6-10-15(14)20(11-13(18)17(19)22)16(21)12-7-3-2-4-8-12/h2-10,13H,11,18H2,1H3. The van der Waals surface area contributed by atoms with Gasteiger partial charge in [0.1, 0.15) is 6.04 Å². The van der Waals surface area contributed by atoms with Crippen LogP contribution in [-0.2, 0) is 4.79 Å². The molecule has 1 aliphatic rings. The molecule has 0 saturated heterocycles. The summed E-state index contributed by atoms with van der Waals surface area (Å²) in [5, 5.41) is 0. The first-order chi connectivity index (χ1) is 10.6. The lowest BCUT2D eigenvalue weighted by Gasteiger charge is -2.24. The van der Waals surface area contributed by atoms with Crippen LogP contribution in [0, 0.1) is 0 Å². The number of hydrogen-bond acceptors (Lipinski definition) is 3. The van der Waals surface area contributed by atoms with Gasteiger partial charge in [-0.2, -0.15) is 0 Å². The second kappa shape index (κ2) is 5.61. The molecule has 0 saturated carbocycles. The number of fused-ring (bicyclic) bond motifs is 1. The van der Waals surface area contributed by atoms with E-state index in [-0.39, 0.29) is 18.4 Å². The van der Waals surface area contributed by atoms with Gasteiger partial charge in [0.05, 0.1) is 17.9 Å². The molecule has 3 rings (SSSR count). The number of hydrogen-bond donors (Lipinski definition) is 1. The van der Waals surface area contributed by atoms with Crippen molar-refractivity contribution in [3.8, 4) is 0 Å². The lowest BCUT2D eigenvalue weighted by molar-refractivity contribution is -0.119. The smallest absolute Gasteiger partial charge is 0.258 e. The van der Waals surface area contributed by atoms with Crippen molar-refractivity contribution in [3.63, 3.8) is 0 Å². The van der Waals surface area contributed by atoms with E-state index in [4.69, 9.17) is 5.73 Å². The minimum absolute atomic E-state index is 0.161. The van der Waals surface area contributed by atoms with Crippen molar-refractivity contribution in [3.05, 3.63) is 60.2 Å². The van der Waals surface area contributed by atoms with Gasteiger partial charge in [-0.3, -0.25) is 9.59 Å². The highest BCUT2D eigenvalue weighted by atomic mass is 16.2. The molecule has 0 spiro atoms. The van der Waals surface area contributed by atoms with Gasteiger partial charge in [-0.25, -0.2) is 0 Å². The fourth-order valence-corrected chi connectivity index (χ4v) is 2.65. The molecule has 112 valence electrons. The second-order valence-electron chi connectivity index (χ2n) is 5.27. The number of nitrogens with two attached hydrogens (primary N) is 1. The maximum atomic E-state index is 12.8. The zero-order valence-electron chi connectivity index (χ0n) is 12.3. The Morgan fingerprint density at radius 1 is 1.05 bits per heavy atom. The number of amides is 2. The van der Waals surface area contributed by atoms with Crippen LogP contribution in [0.2, 0.25) is 0 Å². The van der Waals surface area contributed by atoms with Crippen LogP contribution in [0.3, 0.4) is 0 Å². The van der Waals surface area contributed by atoms with Crippen LogP contribution in [-0.4, -0.2) is 31.4 Å². The van der Waals surface area contributed by atoms with Crippen molar-refractivity contribution in [1.29, 1.82) is 0 Å². The number of nitrogens with zero attached hydrogens (tertiary/aromatic N) is 2. The molecular weight excluding hydrogens is 278 g/mol. The van der Waals surface area contributed by atoms with Gasteiger partial charge in [0, 0.05) is 12.6 Å². The molecule has 2 aromatic rings. The molecule has 1 aliphatic heterocycles. The number of likely N-dealkylation sites (N-methyl/N-ethyl adjacent to an activating group) is 1. The lowest BCUT2D eigenvalue weighted by Crippen LogP contribution is -2.47. The maximum absolute atomic E-state index is 12.8. The van der Waals surface area contributed by atoms with E-state index in [9.17, 15) is 9.59 Å². The largest absolute Gasteiger partial charge is 0.318 e. The van der Waals surface area contributed by atoms with Crippen molar-refractivity contribution in [2.75, 3.05) is 23.4 Å². The number of carbonyl (C=O) groups is 2. The molecule has 22 heavy (non-hydrogen) atoms. The molecular formula is C17H17N3O2. The Morgan fingerprint density at radius 2 is 1.64 bits per heavy atom. The Kier molecular flexibility index (Phi) is 3.65. The summed E-state index contributed by atoms with van der Waals surface area (Å²) in [4.78, 5) is 28.2. The number of para-hydroxylation sites is 2. The van der Waals surface area contributed by atoms with Crippen LogP contribution in [0.25, 0.3) is 0 Å². The summed E-state index contributed by atoms with van der Waals surface area (Å²) in [6, 6.07) is 15.6. The first-order valence-electron chi connectivity index (χ1n) is 7.08. The zero-order chi connectivity index (χ0) is 15.7. The van der Waals surface area contributed by atoms with Gasteiger partial charge in [0.2, 0.25) is 5.91 Å². The monoisotopic (exact) mass is 295 g/mol. The normalized spacial score (nSPS) is 17.9. The summed E-state index contributed by atoms with van der Waals surface area (Å²) in [6.07, 6.45) is 0. The predicted octanol–water partition coefficient (Wildman–Crippen LogP) is 1.64. The van der Waals surface area contributed by atoms with E-state index in [2.05, 4.69) is 0 Å². The molecule has 2 N–H and O–H groups in total. The molecule has 0 aromatic heterocycles. The summed E-state index contributed by atoms with van der Waals surface area (Å²) in [6.45, 7) is 0.161. The molecule has 1 heterocycles. The fourth-order valence-electron chi connectivity index (χ4n) is 2.65. The van der Waals surface area contributed by atoms with Gasteiger partial charge in [-0.15, -0.1) is 0 Å². The average Bonchev–Trinajstić information content (AvgIpc) is 2.66. The molecule has 0 fully saturated rings. The number of carbonyl (C=O) groups excluding carboxylic acids is 2. The van der Waals surface area contributed by atoms with E-state index in [0.717, 1.165) is 0 Å². The lowest BCUT2D eigenvalue weighted by atomic mass is 10.1. The second-order valence-corrected chi connectivity index (χ2v) is 5.27.